The van der Waals surface area contributed by atoms with E-state index in [0.717, 1.165) is 17.3 Å². The van der Waals surface area contributed by atoms with Crippen LogP contribution >= 0.6 is 23.5 Å². The Morgan fingerprint density at radius 1 is 1.45 bits per heavy atom. The lowest BCUT2D eigenvalue weighted by atomic mass is 10.3. The molecule has 4 nitrogen and oxygen atoms in total. The third-order valence-corrected chi connectivity index (χ3v) is 6.76. The molecule has 2 rings (SSSR count). The Labute approximate surface area is 128 Å². The molecule has 20 heavy (non-hydrogen) atoms. The van der Waals surface area contributed by atoms with Gasteiger partial charge < -0.3 is 10.3 Å². The third-order valence-electron chi connectivity index (χ3n) is 3.36. The molecule has 3 atom stereocenters. The molecule has 1 aliphatic heterocycles. The molecular formula is C14H23N3OS2. The van der Waals surface area contributed by atoms with Crippen molar-refractivity contribution in [3.63, 3.8) is 0 Å². The van der Waals surface area contributed by atoms with Crippen LogP contribution in [0.15, 0.2) is 10.9 Å². The molecule has 1 aliphatic rings. The molecule has 0 spiro atoms. The number of nitrogens with one attached hydrogen (secondary N) is 2. The molecule has 0 amide bonds. The second kappa shape index (κ2) is 7.00. The number of aromatic nitrogens is 2. The first-order valence-corrected chi connectivity index (χ1v) is 9.05. The molecule has 0 radical (unpaired) electrons. The smallest absolute Gasteiger partial charge is 0.251 e. The summed E-state index contributed by atoms with van der Waals surface area (Å²) in [7, 11) is 0. The first-order valence-electron chi connectivity index (χ1n) is 7.06. The highest BCUT2D eigenvalue weighted by molar-refractivity contribution is 8.07. The fraction of sp³-hybridized carbons (Fsp3) is 0.714. The van der Waals surface area contributed by atoms with Gasteiger partial charge >= 0.3 is 0 Å². The van der Waals surface area contributed by atoms with Crippen LogP contribution in [0.2, 0.25) is 0 Å². The van der Waals surface area contributed by atoms with Crippen molar-refractivity contribution in [2.75, 3.05) is 5.75 Å². The van der Waals surface area contributed by atoms with E-state index in [4.69, 9.17) is 0 Å². The quantitative estimate of drug-likeness (QED) is 0.895. The number of nitrogens with zero attached hydrogens (tertiary/aromatic N) is 1. The molecular weight excluding hydrogens is 290 g/mol. The molecule has 112 valence electrons. The molecule has 2 heterocycles. The molecule has 2 N–H and O–H groups in total. The van der Waals surface area contributed by atoms with Crippen molar-refractivity contribution in [1.82, 2.24) is 15.3 Å². The van der Waals surface area contributed by atoms with Crippen LogP contribution in [0.3, 0.4) is 0 Å². The van der Waals surface area contributed by atoms with Crippen molar-refractivity contribution >= 4 is 23.5 Å². The van der Waals surface area contributed by atoms with Crippen molar-refractivity contribution in [2.24, 2.45) is 0 Å². The van der Waals surface area contributed by atoms with Crippen LogP contribution in [-0.4, -0.2) is 32.3 Å². The third kappa shape index (κ3) is 4.27. The van der Waals surface area contributed by atoms with Gasteiger partial charge in [-0.05, 0) is 0 Å². The molecule has 1 saturated heterocycles. The summed E-state index contributed by atoms with van der Waals surface area (Å²) in [6.45, 7) is 9.33. The van der Waals surface area contributed by atoms with Crippen LogP contribution in [0.5, 0.6) is 0 Å². The van der Waals surface area contributed by atoms with E-state index >= 15 is 0 Å². The van der Waals surface area contributed by atoms with Crippen LogP contribution in [-0.2, 0) is 6.54 Å². The first kappa shape index (κ1) is 15.9. The Bertz CT molecular complexity index is 503. The predicted molar refractivity (Wildman–Crippen MR) is 88.5 cm³/mol. The molecule has 3 unspecified atom stereocenters. The van der Waals surface area contributed by atoms with E-state index in [2.05, 4.69) is 43.0 Å². The topological polar surface area (TPSA) is 57.8 Å². The maximum atomic E-state index is 11.8. The SMILES string of the molecule is CC(C)NCc1cc(=O)[nH]c(C2CSC(C)C(C)S2)n1. The lowest BCUT2D eigenvalue weighted by Gasteiger charge is -2.30. The summed E-state index contributed by atoms with van der Waals surface area (Å²) in [5, 5.41) is 4.84. The zero-order chi connectivity index (χ0) is 14.7. The standard InChI is InChI=1S/C14H23N3OS2/c1-8(2)15-6-11-5-13(18)17-14(16-11)12-7-19-9(3)10(4)20-12/h5,8-10,12,15H,6-7H2,1-4H3,(H,16,17,18). The van der Waals surface area contributed by atoms with E-state index in [1.54, 1.807) is 6.07 Å². The molecule has 0 bridgehead atoms. The lowest BCUT2D eigenvalue weighted by molar-refractivity contribution is 0.578. The Kier molecular flexibility index (Phi) is 5.57. The van der Waals surface area contributed by atoms with Gasteiger partial charge in [-0.1, -0.05) is 27.7 Å². The fourth-order valence-electron chi connectivity index (χ4n) is 2.01. The Balaban J connectivity index is 2.13. The Morgan fingerprint density at radius 3 is 2.85 bits per heavy atom. The average Bonchev–Trinajstić information content (AvgIpc) is 2.39. The van der Waals surface area contributed by atoms with Gasteiger partial charge in [0.1, 0.15) is 5.82 Å². The van der Waals surface area contributed by atoms with Gasteiger partial charge in [-0.25, -0.2) is 4.98 Å². The second-order valence-corrected chi connectivity index (χ2v) is 8.52. The monoisotopic (exact) mass is 313 g/mol. The summed E-state index contributed by atoms with van der Waals surface area (Å²) in [6.07, 6.45) is 0. The van der Waals surface area contributed by atoms with Crippen LogP contribution in [0.4, 0.5) is 0 Å². The van der Waals surface area contributed by atoms with Crippen molar-refractivity contribution in [1.29, 1.82) is 0 Å². The molecule has 1 aromatic rings. The zero-order valence-corrected chi connectivity index (χ0v) is 14.1. The summed E-state index contributed by atoms with van der Waals surface area (Å²) in [6, 6.07) is 1.98. The lowest BCUT2D eigenvalue weighted by Crippen LogP contribution is -2.27. The minimum atomic E-state index is -0.0487. The van der Waals surface area contributed by atoms with Crippen molar-refractivity contribution in [3.05, 3.63) is 27.9 Å². The van der Waals surface area contributed by atoms with Crippen molar-refractivity contribution in [2.45, 2.75) is 56.0 Å². The van der Waals surface area contributed by atoms with Gasteiger partial charge in [0.25, 0.3) is 5.56 Å². The van der Waals surface area contributed by atoms with Crippen LogP contribution in [0, 0.1) is 0 Å². The molecule has 0 saturated carbocycles. The van der Waals surface area contributed by atoms with Gasteiger partial charge in [0.15, 0.2) is 0 Å². The number of rotatable bonds is 4. The van der Waals surface area contributed by atoms with Crippen LogP contribution in [0.25, 0.3) is 0 Å². The summed E-state index contributed by atoms with van der Waals surface area (Å²) in [5.41, 5.74) is 0.779. The summed E-state index contributed by atoms with van der Waals surface area (Å²) >= 11 is 3.88. The minimum absolute atomic E-state index is 0.0487. The highest BCUT2D eigenvalue weighted by atomic mass is 32.2. The van der Waals surface area contributed by atoms with Crippen molar-refractivity contribution < 1.29 is 0 Å². The average molecular weight is 313 g/mol. The van der Waals surface area contributed by atoms with Gasteiger partial charge in [-0.2, -0.15) is 11.8 Å². The maximum Gasteiger partial charge on any atom is 0.251 e. The Morgan fingerprint density at radius 2 is 2.20 bits per heavy atom. The van der Waals surface area contributed by atoms with Gasteiger partial charge in [0.05, 0.1) is 10.9 Å². The summed E-state index contributed by atoms with van der Waals surface area (Å²) in [5.74, 6) is 1.84. The van der Waals surface area contributed by atoms with Crippen LogP contribution in [0.1, 0.15) is 44.5 Å². The largest absolute Gasteiger partial charge is 0.310 e. The maximum absolute atomic E-state index is 11.8. The molecule has 1 aromatic heterocycles. The second-order valence-electron chi connectivity index (χ2n) is 5.53. The van der Waals surface area contributed by atoms with E-state index < -0.39 is 0 Å². The van der Waals surface area contributed by atoms with Gasteiger partial charge in [-0.15, -0.1) is 11.8 Å². The summed E-state index contributed by atoms with van der Waals surface area (Å²) in [4.78, 5) is 19.4. The molecule has 0 aromatic carbocycles. The number of aromatic amines is 1. The van der Waals surface area contributed by atoms with E-state index in [1.165, 1.54) is 0 Å². The molecule has 6 heteroatoms. The first-order chi connectivity index (χ1) is 9.45. The summed E-state index contributed by atoms with van der Waals surface area (Å²) < 4.78 is 0. The Hall–Kier alpha value is -0.460. The molecule has 0 aliphatic carbocycles. The van der Waals surface area contributed by atoms with Gasteiger partial charge in [-0.3, -0.25) is 4.79 Å². The number of hydrogen-bond donors (Lipinski definition) is 2. The van der Waals surface area contributed by atoms with E-state index in [1.807, 2.05) is 23.5 Å². The van der Waals surface area contributed by atoms with E-state index in [9.17, 15) is 4.79 Å². The predicted octanol–water partition coefficient (Wildman–Crippen LogP) is 2.57. The normalized spacial score (nSPS) is 26.9. The van der Waals surface area contributed by atoms with Gasteiger partial charge in [0, 0.05) is 34.9 Å². The number of H-pyrrole nitrogens is 1. The number of hydrogen-bond acceptors (Lipinski definition) is 5. The highest BCUT2D eigenvalue weighted by Gasteiger charge is 2.28. The van der Waals surface area contributed by atoms with Crippen molar-refractivity contribution in [3.8, 4) is 0 Å². The van der Waals surface area contributed by atoms with E-state index in [0.29, 0.717) is 23.1 Å². The minimum Gasteiger partial charge on any atom is -0.310 e. The van der Waals surface area contributed by atoms with Gasteiger partial charge in [0.2, 0.25) is 0 Å². The fourth-order valence-corrected chi connectivity index (χ4v) is 4.87. The zero-order valence-electron chi connectivity index (χ0n) is 12.5. The number of thioether (sulfide) groups is 2. The van der Waals surface area contributed by atoms with Crippen LogP contribution < -0.4 is 10.9 Å². The highest BCUT2D eigenvalue weighted by Crippen LogP contribution is 2.42. The van der Waals surface area contributed by atoms with E-state index in [-0.39, 0.29) is 10.8 Å². The molecule has 1 fully saturated rings.